The first-order valence-electron chi connectivity index (χ1n) is 2.34. The molecule has 0 amide bonds. The van der Waals surface area contributed by atoms with Gasteiger partial charge in [-0.15, -0.1) is 0 Å². The molecule has 0 N–H and O–H groups in total. The van der Waals surface area contributed by atoms with E-state index in [1.54, 1.807) is 0 Å². The molecule has 4 heteroatoms. The molecule has 0 aliphatic carbocycles. The third kappa shape index (κ3) is 50.3. The van der Waals surface area contributed by atoms with E-state index in [9.17, 15) is 0 Å². The molecular weight excluding hydrogens is 115 g/mol. The molecule has 0 saturated heterocycles. The van der Waals surface area contributed by atoms with Crippen molar-refractivity contribution in [2.75, 3.05) is 0 Å². The summed E-state index contributed by atoms with van der Waals surface area (Å²) < 4.78 is 4.53. The third-order valence-corrected chi connectivity index (χ3v) is 0.289. The second-order valence-corrected chi connectivity index (χ2v) is 4.37. The van der Waals surface area contributed by atoms with Gasteiger partial charge in [-0.25, -0.2) is 0 Å². The van der Waals surface area contributed by atoms with E-state index >= 15 is 0 Å². The maximum atomic E-state index is 4.53. The molecule has 0 spiro atoms. The van der Waals surface area contributed by atoms with E-state index in [4.69, 9.17) is 0 Å². The molecule has 0 heterocycles. The molecule has 0 aromatic heterocycles. The van der Waals surface area contributed by atoms with Crippen molar-refractivity contribution >= 4 is 38.7 Å². The van der Waals surface area contributed by atoms with Crippen LogP contribution in [0.15, 0.2) is 12.7 Å². The third-order valence-electron chi connectivity index (χ3n) is 0.289. The van der Waals surface area contributed by atoms with E-state index in [0.29, 0.717) is 0 Å². The fourth-order valence-electron chi connectivity index (χ4n) is 0. The van der Waals surface area contributed by atoms with Gasteiger partial charge in [0.15, 0.2) is 0 Å². The van der Waals surface area contributed by atoms with Gasteiger partial charge in [0.25, 0.3) is 0 Å². The zero-order valence-corrected chi connectivity index (χ0v) is 9.40. The first-order valence-corrected chi connectivity index (χ1v) is 3.97. The summed E-state index contributed by atoms with van der Waals surface area (Å²) in [5.74, 6) is 0. The predicted molar refractivity (Wildman–Crippen MR) is 41.7 cm³/mol. The SMILES string of the molecule is [Li][CH2]C=C.[SiH3]O[SiH3]. The second kappa shape index (κ2) is 15.9. The Morgan fingerprint density at radius 3 is 1.86 bits per heavy atom. The van der Waals surface area contributed by atoms with E-state index in [-0.39, 0.29) is 0 Å². The molecule has 0 aromatic rings. The second-order valence-electron chi connectivity index (χ2n) is 1.11. The van der Waals surface area contributed by atoms with Crippen LogP contribution in [0.1, 0.15) is 0 Å². The number of hydrogen-bond donors (Lipinski definition) is 0. The Morgan fingerprint density at radius 1 is 1.71 bits per heavy atom. The van der Waals surface area contributed by atoms with Crippen LogP contribution in [0.25, 0.3) is 0 Å². The van der Waals surface area contributed by atoms with Crippen LogP contribution in [-0.2, 0) is 4.12 Å². The monoisotopic (exact) mass is 126 g/mol. The minimum Gasteiger partial charge on any atom is -0.471 e. The molecule has 0 radical (unpaired) electrons. The van der Waals surface area contributed by atoms with Crippen molar-refractivity contribution in [2.45, 2.75) is 5.09 Å². The quantitative estimate of drug-likeness (QED) is 0.301. The predicted octanol–water partition coefficient (Wildman–Crippen LogP) is -1.68. The molecule has 0 aromatic carbocycles. The van der Waals surface area contributed by atoms with Crippen molar-refractivity contribution in [3.8, 4) is 0 Å². The molecule has 0 rings (SSSR count). The summed E-state index contributed by atoms with van der Waals surface area (Å²) in [6, 6.07) is 0. The Morgan fingerprint density at radius 2 is 1.86 bits per heavy atom. The van der Waals surface area contributed by atoms with E-state index in [2.05, 4.69) is 28.4 Å². The van der Waals surface area contributed by atoms with Crippen molar-refractivity contribution in [1.82, 2.24) is 0 Å². The molecule has 7 heavy (non-hydrogen) atoms. The molecule has 0 aliphatic rings. The molecular formula is C3H11LiOSi2. The zero-order valence-electron chi connectivity index (χ0n) is 5.40. The molecule has 38 valence electrons. The molecule has 0 aliphatic heterocycles. The van der Waals surface area contributed by atoms with Gasteiger partial charge in [0, 0.05) is 0 Å². The molecule has 1 nitrogen and oxygen atoms in total. The Labute approximate surface area is 60.8 Å². The van der Waals surface area contributed by atoms with Gasteiger partial charge in [0.2, 0.25) is 0 Å². The van der Waals surface area contributed by atoms with E-state index < -0.39 is 0 Å². The van der Waals surface area contributed by atoms with Crippen LogP contribution >= 0.6 is 0 Å². The minimum absolute atomic E-state index is 0.931. The Balaban J connectivity index is 0. The van der Waals surface area contributed by atoms with E-state index in [0.717, 1.165) is 26.1 Å². The van der Waals surface area contributed by atoms with Crippen molar-refractivity contribution in [3.63, 3.8) is 0 Å². The average molecular weight is 126 g/mol. The van der Waals surface area contributed by atoms with Crippen LogP contribution in [0.3, 0.4) is 0 Å². The molecule has 0 bridgehead atoms. The molecule has 0 atom stereocenters. The summed E-state index contributed by atoms with van der Waals surface area (Å²) in [4.78, 5) is 0. The van der Waals surface area contributed by atoms with Crippen LogP contribution < -0.4 is 0 Å². The Hall–Kier alpha value is 0.731. The molecule has 0 fully saturated rings. The Kier molecular flexibility index (Phi) is 24.2. The number of allylic oxidation sites excluding steroid dienone is 1. The van der Waals surface area contributed by atoms with Gasteiger partial charge < -0.3 is 4.12 Å². The van der Waals surface area contributed by atoms with Gasteiger partial charge in [-0.1, -0.05) is 0 Å². The average Bonchev–Trinajstić information content (AvgIpc) is 1.69. The number of hydrogen-bond acceptors (Lipinski definition) is 1. The van der Waals surface area contributed by atoms with Gasteiger partial charge in [0.1, 0.15) is 21.0 Å². The smallest absolute Gasteiger partial charge is 0.129 e. The van der Waals surface area contributed by atoms with Crippen LogP contribution in [0.5, 0.6) is 0 Å². The first kappa shape index (κ1) is 10.7. The van der Waals surface area contributed by atoms with Crippen molar-refractivity contribution in [1.29, 1.82) is 0 Å². The minimum atomic E-state index is 0.931. The van der Waals surface area contributed by atoms with E-state index in [1.165, 1.54) is 0 Å². The van der Waals surface area contributed by atoms with Gasteiger partial charge in [-0.3, -0.25) is 0 Å². The van der Waals surface area contributed by atoms with Crippen molar-refractivity contribution in [2.24, 2.45) is 0 Å². The van der Waals surface area contributed by atoms with Crippen LogP contribution in [0, 0.1) is 0 Å². The van der Waals surface area contributed by atoms with Crippen LogP contribution in [-0.4, -0.2) is 38.7 Å². The fourth-order valence-corrected chi connectivity index (χ4v) is 0. The summed E-state index contributed by atoms with van der Waals surface area (Å²) in [7, 11) is 1.86. The van der Waals surface area contributed by atoms with E-state index in [1.807, 2.05) is 6.08 Å². The molecule has 0 saturated carbocycles. The normalized spacial score (nSPS) is 7.14. The van der Waals surface area contributed by atoms with Gasteiger partial charge >= 0.3 is 35.5 Å². The van der Waals surface area contributed by atoms with Gasteiger partial charge in [0.05, 0.1) is 0 Å². The Bertz CT molecular complexity index is 34.1. The topological polar surface area (TPSA) is 9.23 Å². The summed E-state index contributed by atoms with van der Waals surface area (Å²) >= 11 is 2.06. The summed E-state index contributed by atoms with van der Waals surface area (Å²) in [6.45, 7) is 3.48. The number of rotatable bonds is 1. The summed E-state index contributed by atoms with van der Waals surface area (Å²) in [5, 5.41) is 1.08. The van der Waals surface area contributed by atoms with Gasteiger partial charge in [-0.2, -0.15) is 0 Å². The summed E-state index contributed by atoms with van der Waals surface area (Å²) in [5.41, 5.74) is 0. The maximum absolute atomic E-state index is 4.53. The summed E-state index contributed by atoms with van der Waals surface area (Å²) in [6.07, 6.45) is 1.88. The van der Waals surface area contributed by atoms with Crippen LogP contribution in [0.4, 0.5) is 0 Å². The van der Waals surface area contributed by atoms with Crippen molar-refractivity contribution in [3.05, 3.63) is 12.7 Å². The standard InChI is InChI=1S/C3H5.Li.H6OSi2/c1-3-2;;2-1-3/h3H,1-2H2;;2-3H3. The van der Waals surface area contributed by atoms with Crippen molar-refractivity contribution < 1.29 is 4.12 Å². The largest absolute Gasteiger partial charge is 0.471 e. The fraction of sp³-hybridized carbons (Fsp3) is 0.333. The van der Waals surface area contributed by atoms with Crippen LogP contribution in [0.2, 0.25) is 5.09 Å². The molecule has 0 unspecified atom stereocenters. The maximum Gasteiger partial charge on any atom is 0.129 e. The first-order chi connectivity index (χ1) is 3.33. The van der Waals surface area contributed by atoms with Gasteiger partial charge in [-0.05, 0) is 0 Å². The zero-order chi connectivity index (χ0) is 6.12.